The van der Waals surface area contributed by atoms with E-state index in [1.165, 1.54) is 12.4 Å². The Hall–Kier alpha value is -2.85. The quantitative estimate of drug-likeness (QED) is 0.377. The molecule has 29 heavy (non-hydrogen) atoms. The van der Waals surface area contributed by atoms with Gasteiger partial charge in [-0.1, -0.05) is 6.07 Å². The molecule has 0 bridgehead atoms. The van der Waals surface area contributed by atoms with Crippen LogP contribution in [0.3, 0.4) is 0 Å². The molecule has 0 fully saturated rings. The number of quaternary nitrogens is 1. The van der Waals surface area contributed by atoms with Gasteiger partial charge in [-0.25, -0.2) is 12.8 Å². The number of amides is 2. The lowest BCUT2D eigenvalue weighted by molar-refractivity contribution is -0.856. The Morgan fingerprint density at radius 1 is 1.10 bits per heavy atom. The van der Waals surface area contributed by atoms with Crippen molar-refractivity contribution in [3.63, 3.8) is 0 Å². The summed E-state index contributed by atoms with van der Waals surface area (Å²) in [6, 6.07) is 7.54. The molecule has 0 aliphatic heterocycles. The highest BCUT2D eigenvalue weighted by atomic mass is 32.2. The van der Waals surface area contributed by atoms with Crippen LogP contribution in [0.5, 0.6) is 0 Å². The van der Waals surface area contributed by atoms with E-state index < -0.39 is 32.7 Å². The number of hydrogen-bond acceptors (Lipinski definition) is 5. The summed E-state index contributed by atoms with van der Waals surface area (Å²) in [5, 5.41) is 3.66. The Balaban J connectivity index is 2.17. The van der Waals surface area contributed by atoms with Gasteiger partial charge in [-0.2, -0.15) is 0 Å². The highest BCUT2D eigenvalue weighted by molar-refractivity contribution is 7.91. The van der Waals surface area contributed by atoms with Gasteiger partial charge in [0.05, 0.1) is 32.1 Å². The van der Waals surface area contributed by atoms with Crippen LogP contribution in [-0.2, 0) is 19.4 Å². The van der Waals surface area contributed by atoms with Crippen molar-refractivity contribution < 1.29 is 27.3 Å². The molecule has 10 heteroatoms. The molecule has 1 heterocycles. The number of sulfone groups is 1. The van der Waals surface area contributed by atoms with Crippen LogP contribution in [0.15, 0.2) is 53.7 Å². The molecule has 0 aliphatic rings. The molecule has 0 spiro atoms. The van der Waals surface area contributed by atoms with Crippen molar-refractivity contribution in [2.45, 2.75) is 10.1 Å². The van der Waals surface area contributed by atoms with E-state index in [1.807, 2.05) is 14.1 Å². The van der Waals surface area contributed by atoms with Crippen LogP contribution < -0.4 is 15.5 Å². The van der Waals surface area contributed by atoms with Gasteiger partial charge >= 0.3 is 11.8 Å². The average molecular weight is 423 g/mol. The van der Waals surface area contributed by atoms with Gasteiger partial charge in [0.2, 0.25) is 0 Å². The maximum atomic E-state index is 13.2. The van der Waals surface area contributed by atoms with Crippen molar-refractivity contribution >= 4 is 21.7 Å². The Bertz CT molecular complexity index is 934. The van der Waals surface area contributed by atoms with E-state index in [0.717, 1.165) is 29.2 Å². The second-order valence-electron chi connectivity index (χ2n) is 6.70. The van der Waals surface area contributed by atoms with Gasteiger partial charge in [0.15, 0.2) is 9.84 Å². The molecule has 1 atom stereocenters. The standard InChI is InChI=1S/C19H23FN4O4S/c1-24(2)11-10-22-18(25)19(26)23-13-17(14-4-3-9-21-12-14)29(27,28)16-7-5-15(20)6-8-16/h3-9,12,17H,10-11,13H2,1-2H3,(H,22,25)(H,23,26)/p+1/t17-/m0/s1. The highest BCUT2D eigenvalue weighted by Gasteiger charge is 2.30. The minimum absolute atomic E-state index is 0.0968. The first-order chi connectivity index (χ1) is 13.7. The first kappa shape index (κ1) is 22.4. The Kier molecular flexibility index (Phi) is 7.80. The van der Waals surface area contributed by atoms with Gasteiger partial charge in [0, 0.05) is 18.9 Å². The highest BCUT2D eigenvalue weighted by Crippen LogP contribution is 2.28. The summed E-state index contributed by atoms with van der Waals surface area (Å²) in [6.07, 6.45) is 2.86. The summed E-state index contributed by atoms with van der Waals surface area (Å²) in [5.41, 5.74) is 0.341. The number of aromatic nitrogens is 1. The van der Waals surface area contributed by atoms with Crippen LogP contribution in [0.4, 0.5) is 4.39 Å². The van der Waals surface area contributed by atoms with Crippen molar-refractivity contribution in [3.8, 4) is 0 Å². The number of benzene rings is 1. The van der Waals surface area contributed by atoms with Crippen LogP contribution in [-0.4, -0.2) is 58.9 Å². The van der Waals surface area contributed by atoms with Crippen LogP contribution >= 0.6 is 0 Å². The third-order valence-corrected chi connectivity index (χ3v) is 6.25. The summed E-state index contributed by atoms with van der Waals surface area (Å²) in [4.78, 5) is 28.9. The predicted molar refractivity (Wildman–Crippen MR) is 104 cm³/mol. The molecule has 1 aromatic carbocycles. The SMILES string of the molecule is C[NH+](C)CCNC(=O)C(=O)NC[C@@H](c1cccnc1)S(=O)(=O)c1ccc(F)cc1. The Labute approximate surface area is 169 Å². The van der Waals surface area contributed by atoms with Crippen LogP contribution in [0.2, 0.25) is 0 Å². The topological polar surface area (TPSA) is 110 Å². The molecular formula is C19H24FN4O4S+. The second-order valence-corrected chi connectivity index (χ2v) is 8.83. The minimum Gasteiger partial charge on any atom is -0.346 e. The van der Waals surface area contributed by atoms with Gasteiger partial charge in [-0.05, 0) is 35.9 Å². The monoisotopic (exact) mass is 423 g/mol. The van der Waals surface area contributed by atoms with Crippen molar-refractivity contribution in [1.29, 1.82) is 0 Å². The number of carbonyl (C=O) groups excluding carboxylic acids is 2. The molecule has 3 N–H and O–H groups in total. The maximum absolute atomic E-state index is 13.2. The first-order valence-corrected chi connectivity index (χ1v) is 10.5. The van der Waals surface area contributed by atoms with Gasteiger partial charge in [0.1, 0.15) is 11.1 Å². The van der Waals surface area contributed by atoms with E-state index in [2.05, 4.69) is 15.6 Å². The van der Waals surface area contributed by atoms with Gasteiger partial charge < -0.3 is 15.5 Å². The third-order valence-electron chi connectivity index (χ3n) is 4.14. The molecule has 2 amide bonds. The lowest BCUT2D eigenvalue weighted by Crippen LogP contribution is -3.06. The lowest BCUT2D eigenvalue weighted by Gasteiger charge is -2.18. The van der Waals surface area contributed by atoms with E-state index in [1.54, 1.807) is 12.1 Å². The fraction of sp³-hybridized carbons (Fsp3) is 0.316. The molecule has 0 radical (unpaired) electrons. The van der Waals surface area contributed by atoms with Crippen LogP contribution in [0.1, 0.15) is 10.8 Å². The number of halogens is 1. The van der Waals surface area contributed by atoms with Crippen LogP contribution in [0.25, 0.3) is 0 Å². The molecule has 2 rings (SSSR count). The first-order valence-electron chi connectivity index (χ1n) is 8.96. The lowest BCUT2D eigenvalue weighted by atomic mass is 10.2. The largest absolute Gasteiger partial charge is 0.346 e. The average Bonchev–Trinajstić information content (AvgIpc) is 2.68. The zero-order chi connectivity index (χ0) is 21.4. The molecular weight excluding hydrogens is 399 g/mol. The van der Waals surface area contributed by atoms with Crippen molar-refractivity contribution in [1.82, 2.24) is 15.6 Å². The summed E-state index contributed by atoms with van der Waals surface area (Å²) < 4.78 is 39.3. The Morgan fingerprint density at radius 3 is 2.34 bits per heavy atom. The predicted octanol–water partition coefficient (Wildman–Crippen LogP) is -0.887. The van der Waals surface area contributed by atoms with Crippen molar-refractivity contribution in [2.75, 3.05) is 33.7 Å². The minimum atomic E-state index is -3.98. The summed E-state index contributed by atoms with van der Waals surface area (Å²) in [7, 11) is -0.161. The number of nitrogens with zero attached hydrogens (tertiary/aromatic N) is 1. The summed E-state index contributed by atoms with van der Waals surface area (Å²) in [6.45, 7) is 0.612. The number of likely N-dealkylation sites (N-methyl/N-ethyl adjacent to an activating group) is 1. The molecule has 8 nitrogen and oxygen atoms in total. The van der Waals surface area contributed by atoms with E-state index in [0.29, 0.717) is 18.7 Å². The number of carbonyl (C=O) groups is 2. The number of rotatable bonds is 8. The zero-order valence-electron chi connectivity index (χ0n) is 16.2. The maximum Gasteiger partial charge on any atom is 0.309 e. The van der Waals surface area contributed by atoms with E-state index in [9.17, 15) is 22.4 Å². The van der Waals surface area contributed by atoms with Crippen molar-refractivity contribution in [3.05, 3.63) is 60.2 Å². The van der Waals surface area contributed by atoms with Gasteiger partial charge in [0.25, 0.3) is 0 Å². The number of pyridine rings is 1. The molecule has 1 aromatic heterocycles. The van der Waals surface area contributed by atoms with E-state index in [4.69, 9.17) is 0 Å². The second kappa shape index (κ2) is 10.1. The van der Waals surface area contributed by atoms with E-state index >= 15 is 0 Å². The molecule has 2 aromatic rings. The molecule has 156 valence electrons. The summed E-state index contributed by atoms with van der Waals surface area (Å²) in [5.74, 6) is -2.33. The third kappa shape index (κ3) is 6.33. The summed E-state index contributed by atoms with van der Waals surface area (Å²) >= 11 is 0. The molecule has 0 saturated heterocycles. The van der Waals surface area contributed by atoms with Crippen LogP contribution in [0, 0.1) is 5.82 Å². The van der Waals surface area contributed by atoms with Crippen molar-refractivity contribution in [2.24, 2.45) is 0 Å². The fourth-order valence-electron chi connectivity index (χ4n) is 2.53. The smallest absolute Gasteiger partial charge is 0.309 e. The Morgan fingerprint density at radius 2 is 1.76 bits per heavy atom. The fourth-order valence-corrected chi connectivity index (χ4v) is 4.18. The number of nitrogens with one attached hydrogen (secondary N) is 3. The van der Waals surface area contributed by atoms with Gasteiger partial charge in [-0.3, -0.25) is 14.6 Å². The zero-order valence-corrected chi connectivity index (χ0v) is 17.0. The van der Waals surface area contributed by atoms with Gasteiger partial charge in [-0.15, -0.1) is 0 Å². The normalized spacial score (nSPS) is 12.4. The van der Waals surface area contributed by atoms with E-state index in [-0.39, 0.29) is 11.4 Å². The number of hydrogen-bond donors (Lipinski definition) is 3. The molecule has 0 saturated carbocycles. The molecule has 0 unspecified atom stereocenters. The molecule has 0 aliphatic carbocycles.